The second-order valence-corrected chi connectivity index (χ2v) is 14.3. The van der Waals surface area contributed by atoms with Gasteiger partial charge in [0.25, 0.3) is 0 Å². The summed E-state index contributed by atoms with van der Waals surface area (Å²) in [5.41, 5.74) is 14.0. The number of hydrogen-bond donors (Lipinski definition) is 0. The van der Waals surface area contributed by atoms with E-state index in [1.165, 1.54) is 60.9 Å². The van der Waals surface area contributed by atoms with Crippen LogP contribution in [0.1, 0.15) is 25.0 Å². The van der Waals surface area contributed by atoms with Gasteiger partial charge in [-0.3, -0.25) is 9.55 Å². The molecule has 6 aromatic carbocycles. The lowest BCUT2D eigenvalue weighted by Crippen LogP contribution is -2.18. The summed E-state index contributed by atoms with van der Waals surface area (Å²) in [7, 11) is 0. The van der Waals surface area contributed by atoms with Crippen LogP contribution in [0.25, 0.3) is 77.4 Å². The molecular formula is C49H36N4. The molecule has 0 atom stereocenters. The minimum Gasteiger partial charge on any atom is -0.309 e. The van der Waals surface area contributed by atoms with Gasteiger partial charge in [0.05, 0.1) is 16.6 Å². The van der Waals surface area contributed by atoms with Crippen molar-refractivity contribution < 1.29 is 0 Å². The fraction of sp³-hybridized carbons (Fsp3) is 0.0612. The highest BCUT2D eigenvalue weighted by Gasteiger charge is 2.23. The predicted molar refractivity (Wildman–Crippen MR) is 220 cm³/mol. The Morgan fingerprint density at radius 1 is 0.396 bits per heavy atom. The lowest BCUT2D eigenvalue weighted by molar-refractivity contribution is 0.641. The number of nitrogens with zero attached hydrogens (tertiary/aromatic N) is 4. The molecule has 0 saturated heterocycles. The van der Waals surface area contributed by atoms with Crippen LogP contribution in [0.15, 0.2) is 182 Å². The third kappa shape index (κ3) is 5.06. The Morgan fingerprint density at radius 3 is 1.40 bits per heavy atom. The molecular weight excluding hydrogens is 645 g/mol. The minimum atomic E-state index is -0.153. The SMILES string of the molecule is CC(C)(c1ccc(-c2ccc(-n3c4ccccc4c4ccccc43)cc2)cc1)c1ccc(-c2ccc(-n3c4ccncc4c4cccnc43)cc2)cc1. The van der Waals surface area contributed by atoms with E-state index in [1.54, 1.807) is 0 Å². The molecule has 0 spiro atoms. The van der Waals surface area contributed by atoms with E-state index < -0.39 is 0 Å². The third-order valence-corrected chi connectivity index (χ3v) is 11.0. The zero-order chi connectivity index (χ0) is 35.5. The maximum absolute atomic E-state index is 4.72. The third-order valence-electron chi connectivity index (χ3n) is 11.0. The van der Waals surface area contributed by atoms with E-state index in [1.807, 2.05) is 24.7 Å². The van der Waals surface area contributed by atoms with Crippen LogP contribution in [-0.2, 0) is 5.41 Å². The summed E-state index contributed by atoms with van der Waals surface area (Å²) in [6.07, 6.45) is 5.62. The Balaban J connectivity index is 0.888. The van der Waals surface area contributed by atoms with Crippen LogP contribution in [0.2, 0.25) is 0 Å². The van der Waals surface area contributed by atoms with Crippen LogP contribution >= 0.6 is 0 Å². The molecule has 0 aliphatic heterocycles. The quantitative estimate of drug-likeness (QED) is 0.175. The largest absolute Gasteiger partial charge is 0.309 e. The van der Waals surface area contributed by atoms with Crippen molar-refractivity contribution in [3.63, 3.8) is 0 Å². The van der Waals surface area contributed by atoms with Gasteiger partial charge in [-0.25, -0.2) is 4.98 Å². The Labute approximate surface area is 308 Å². The topological polar surface area (TPSA) is 35.6 Å². The van der Waals surface area contributed by atoms with Crippen LogP contribution in [0, 0.1) is 0 Å². The summed E-state index contributed by atoms with van der Waals surface area (Å²) in [5.74, 6) is 0. The number of para-hydroxylation sites is 2. The normalized spacial score (nSPS) is 12.0. The van der Waals surface area contributed by atoms with Crippen molar-refractivity contribution in [2.24, 2.45) is 0 Å². The first-order chi connectivity index (χ1) is 26.0. The van der Waals surface area contributed by atoms with Crippen molar-refractivity contribution in [2.45, 2.75) is 19.3 Å². The number of pyridine rings is 2. The van der Waals surface area contributed by atoms with E-state index in [-0.39, 0.29) is 5.41 Å². The van der Waals surface area contributed by atoms with Gasteiger partial charge in [0.2, 0.25) is 0 Å². The molecule has 53 heavy (non-hydrogen) atoms. The number of fused-ring (bicyclic) bond motifs is 6. The molecule has 0 amide bonds. The molecule has 4 aromatic heterocycles. The molecule has 10 rings (SSSR count). The molecule has 252 valence electrons. The fourth-order valence-electron chi connectivity index (χ4n) is 8.08. The van der Waals surface area contributed by atoms with Gasteiger partial charge < -0.3 is 4.57 Å². The zero-order valence-electron chi connectivity index (χ0n) is 29.6. The molecule has 0 saturated carbocycles. The van der Waals surface area contributed by atoms with E-state index >= 15 is 0 Å². The second-order valence-electron chi connectivity index (χ2n) is 14.3. The zero-order valence-corrected chi connectivity index (χ0v) is 29.6. The van der Waals surface area contributed by atoms with Gasteiger partial charge in [0.15, 0.2) is 0 Å². The van der Waals surface area contributed by atoms with Crippen molar-refractivity contribution in [2.75, 3.05) is 0 Å². The van der Waals surface area contributed by atoms with Crippen molar-refractivity contribution in [1.29, 1.82) is 0 Å². The van der Waals surface area contributed by atoms with Gasteiger partial charge in [-0.15, -0.1) is 0 Å². The molecule has 4 nitrogen and oxygen atoms in total. The Morgan fingerprint density at radius 2 is 0.849 bits per heavy atom. The summed E-state index contributed by atoms with van der Waals surface area (Å²) in [4.78, 5) is 9.08. The van der Waals surface area contributed by atoms with E-state index in [4.69, 9.17) is 4.98 Å². The highest BCUT2D eigenvalue weighted by molar-refractivity contribution is 6.09. The van der Waals surface area contributed by atoms with Gasteiger partial charge >= 0.3 is 0 Å². The summed E-state index contributed by atoms with van der Waals surface area (Å²) >= 11 is 0. The molecule has 0 aliphatic carbocycles. The molecule has 0 N–H and O–H groups in total. The predicted octanol–water partition coefficient (Wildman–Crippen LogP) is 12.3. The van der Waals surface area contributed by atoms with E-state index in [0.717, 1.165) is 27.6 Å². The summed E-state index contributed by atoms with van der Waals surface area (Å²) in [5, 5.41) is 4.78. The molecule has 4 heterocycles. The fourth-order valence-corrected chi connectivity index (χ4v) is 8.08. The van der Waals surface area contributed by atoms with Gasteiger partial charge in [-0.05, 0) is 88.0 Å². The molecule has 10 aromatic rings. The van der Waals surface area contributed by atoms with Crippen LogP contribution in [0.3, 0.4) is 0 Å². The van der Waals surface area contributed by atoms with Gasteiger partial charge in [0, 0.05) is 56.9 Å². The van der Waals surface area contributed by atoms with Crippen molar-refractivity contribution in [3.05, 3.63) is 194 Å². The lowest BCUT2D eigenvalue weighted by Gasteiger charge is -2.26. The Bertz CT molecular complexity index is 2620. The summed E-state index contributed by atoms with van der Waals surface area (Å²) in [6, 6.07) is 59.3. The van der Waals surface area contributed by atoms with Crippen LogP contribution in [0.4, 0.5) is 0 Å². The van der Waals surface area contributed by atoms with Crippen molar-refractivity contribution in [3.8, 4) is 33.6 Å². The standard InChI is InChI=1S/C49H36N4/c1-49(2,37-21-13-33(14-22-37)35-17-25-39(26-18-35)52-45-11-5-3-8-41(45)42-9-4-6-12-46(42)52)38-23-15-34(16-24-38)36-19-27-40(28-20-36)53-47-29-31-50-32-44(47)43-10-7-30-51-48(43)53/h3-32H,1-2H3. The average molecular weight is 681 g/mol. The molecule has 4 heteroatoms. The van der Waals surface area contributed by atoms with Crippen LogP contribution in [0.5, 0.6) is 0 Å². The average Bonchev–Trinajstić information content (AvgIpc) is 3.74. The first-order valence-electron chi connectivity index (χ1n) is 18.1. The lowest BCUT2D eigenvalue weighted by atomic mass is 9.77. The number of hydrogen-bond acceptors (Lipinski definition) is 2. The van der Waals surface area contributed by atoms with Crippen LogP contribution < -0.4 is 0 Å². The van der Waals surface area contributed by atoms with E-state index in [2.05, 4.69) is 186 Å². The van der Waals surface area contributed by atoms with Crippen molar-refractivity contribution >= 4 is 43.7 Å². The molecule has 0 radical (unpaired) electrons. The van der Waals surface area contributed by atoms with Gasteiger partial charge in [-0.2, -0.15) is 0 Å². The molecule has 0 bridgehead atoms. The Kier molecular flexibility index (Phi) is 7.12. The monoisotopic (exact) mass is 680 g/mol. The van der Waals surface area contributed by atoms with E-state index in [9.17, 15) is 0 Å². The second kappa shape index (κ2) is 12.2. The Hall–Kier alpha value is -6.78. The van der Waals surface area contributed by atoms with Gasteiger partial charge in [-0.1, -0.05) is 123 Å². The number of benzene rings is 6. The molecule has 0 unspecified atom stereocenters. The van der Waals surface area contributed by atoms with Gasteiger partial charge in [0.1, 0.15) is 5.65 Å². The number of aromatic nitrogens is 4. The van der Waals surface area contributed by atoms with Crippen LogP contribution in [-0.4, -0.2) is 19.1 Å². The minimum absolute atomic E-state index is 0.153. The molecule has 0 aliphatic rings. The molecule has 0 fully saturated rings. The number of rotatable bonds is 6. The smallest absolute Gasteiger partial charge is 0.145 e. The highest BCUT2D eigenvalue weighted by atomic mass is 15.0. The van der Waals surface area contributed by atoms with E-state index in [0.29, 0.717) is 0 Å². The maximum Gasteiger partial charge on any atom is 0.145 e. The first kappa shape index (κ1) is 31.0. The highest BCUT2D eigenvalue weighted by Crippen LogP contribution is 2.36. The summed E-state index contributed by atoms with van der Waals surface area (Å²) in [6.45, 7) is 4.61. The maximum atomic E-state index is 4.72. The van der Waals surface area contributed by atoms with Crippen molar-refractivity contribution in [1.82, 2.24) is 19.1 Å². The first-order valence-corrected chi connectivity index (χ1v) is 18.1. The summed E-state index contributed by atoms with van der Waals surface area (Å²) < 4.78 is 4.58.